The van der Waals surface area contributed by atoms with Crippen LogP contribution in [0.3, 0.4) is 0 Å². The quantitative estimate of drug-likeness (QED) is 0.792. The highest BCUT2D eigenvalue weighted by molar-refractivity contribution is 5.79. The van der Waals surface area contributed by atoms with Crippen LogP contribution in [0.4, 0.5) is 11.4 Å². The van der Waals surface area contributed by atoms with Crippen molar-refractivity contribution in [2.24, 2.45) is 5.73 Å². The van der Waals surface area contributed by atoms with Crippen molar-refractivity contribution in [3.8, 4) is 0 Å². The van der Waals surface area contributed by atoms with E-state index in [1.54, 1.807) is 0 Å². The minimum absolute atomic E-state index is 0.330. The van der Waals surface area contributed by atoms with Gasteiger partial charge < -0.3 is 20.9 Å². The molecule has 4 rings (SSSR count). The van der Waals surface area contributed by atoms with Gasteiger partial charge in [0.1, 0.15) is 6.17 Å². The standard InChI is InChI=1S/C23H30N4/c1-17(24)15-25-16-23-26(2)21-12-11-19(13-18-7-4-3-5-8-18)14-22(21)27(23)20-9-6-10-20/h3-5,7-8,11-12,14,20,23,25H,1,6,9-10,13,15-16,24H2,2H3. The summed E-state index contributed by atoms with van der Waals surface area (Å²) in [7, 11) is 2.21. The molecule has 2 aliphatic rings. The molecule has 1 aliphatic carbocycles. The summed E-state index contributed by atoms with van der Waals surface area (Å²) < 4.78 is 0. The molecule has 4 heteroatoms. The van der Waals surface area contributed by atoms with Crippen LogP contribution in [0.2, 0.25) is 0 Å². The minimum Gasteiger partial charge on any atom is -0.401 e. The van der Waals surface area contributed by atoms with E-state index in [-0.39, 0.29) is 0 Å². The molecule has 142 valence electrons. The van der Waals surface area contributed by atoms with Gasteiger partial charge in [0.25, 0.3) is 0 Å². The maximum Gasteiger partial charge on any atom is 0.114 e. The number of anilines is 2. The van der Waals surface area contributed by atoms with E-state index in [1.807, 2.05) is 0 Å². The zero-order valence-electron chi connectivity index (χ0n) is 16.2. The molecule has 1 saturated carbocycles. The van der Waals surface area contributed by atoms with Gasteiger partial charge in [0.15, 0.2) is 0 Å². The van der Waals surface area contributed by atoms with E-state index in [4.69, 9.17) is 5.73 Å². The highest BCUT2D eigenvalue weighted by Gasteiger charge is 2.39. The van der Waals surface area contributed by atoms with E-state index in [0.29, 0.717) is 24.4 Å². The lowest BCUT2D eigenvalue weighted by Crippen LogP contribution is -2.54. The van der Waals surface area contributed by atoms with Gasteiger partial charge in [-0.3, -0.25) is 0 Å². The van der Waals surface area contributed by atoms with Crippen LogP contribution in [0.5, 0.6) is 0 Å². The van der Waals surface area contributed by atoms with Crippen LogP contribution >= 0.6 is 0 Å². The topological polar surface area (TPSA) is 44.5 Å². The summed E-state index contributed by atoms with van der Waals surface area (Å²) in [6.45, 7) is 5.34. The van der Waals surface area contributed by atoms with Gasteiger partial charge in [-0.25, -0.2) is 0 Å². The second-order valence-corrected chi connectivity index (χ2v) is 7.86. The van der Waals surface area contributed by atoms with Crippen molar-refractivity contribution in [2.75, 3.05) is 29.9 Å². The van der Waals surface area contributed by atoms with Crippen molar-refractivity contribution in [1.29, 1.82) is 0 Å². The molecule has 1 atom stereocenters. The van der Waals surface area contributed by atoms with Gasteiger partial charge in [0.05, 0.1) is 11.4 Å². The average molecular weight is 363 g/mol. The lowest BCUT2D eigenvalue weighted by molar-refractivity contribution is 0.359. The third-order valence-electron chi connectivity index (χ3n) is 5.86. The molecule has 3 N–H and O–H groups in total. The van der Waals surface area contributed by atoms with Crippen LogP contribution in [-0.2, 0) is 6.42 Å². The normalized spacial score (nSPS) is 19.1. The van der Waals surface area contributed by atoms with Crippen molar-refractivity contribution in [2.45, 2.75) is 37.9 Å². The number of likely N-dealkylation sites (N-methyl/N-ethyl adjacent to an activating group) is 1. The van der Waals surface area contributed by atoms with Crippen LogP contribution in [0.15, 0.2) is 60.8 Å². The van der Waals surface area contributed by atoms with Gasteiger partial charge in [-0.15, -0.1) is 0 Å². The molecule has 0 aromatic heterocycles. The van der Waals surface area contributed by atoms with E-state index >= 15 is 0 Å². The molecule has 0 saturated heterocycles. The molecule has 2 aromatic carbocycles. The highest BCUT2D eigenvalue weighted by atomic mass is 15.4. The molecule has 0 spiro atoms. The van der Waals surface area contributed by atoms with Gasteiger partial charge in [-0.1, -0.05) is 43.0 Å². The monoisotopic (exact) mass is 362 g/mol. The smallest absolute Gasteiger partial charge is 0.114 e. The van der Waals surface area contributed by atoms with Crippen molar-refractivity contribution >= 4 is 11.4 Å². The Labute approximate surface area is 162 Å². The van der Waals surface area contributed by atoms with Crippen LogP contribution in [-0.4, -0.2) is 32.3 Å². The number of hydrogen-bond donors (Lipinski definition) is 2. The van der Waals surface area contributed by atoms with Crippen LogP contribution in [0.1, 0.15) is 30.4 Å². The fourth-order valence-electron chi connectivity index (χ4n) is 4.23. The Hall–Kier alpha value is -2.46. The molecule has 0 amide bonds. The van der Waals surface area contributed by atoms with Gasteiger partial charge >= 0.3 is 0 Å². The Balaban J connectivity index is 1.58. The van der Waals surface area contributed by atoms with E-state index in [0.717, 1.165) is 13.0 Å². The molecule has 2 aromatic rings. The number of nitrogens with two attached hydrogens (primary N) is 1. The number of benzene rings is 2. The molecule has 27 heavy (non-hydrogen) atoms. The first-order valence-corrected chi connectivity index (χ1v) is 9.95. The van der Waals surface area contributed by atoms with Gasteiger partial charge in [-0.05, 0) is 48.9 Å². The molecule has 0 radical (unpaired) electrons. The summed E-state index contributed by atoms with van der Waals surface area (Å²) in [6.07, 6.45) is 5.22. The van der Waals surface area contributed by atoms with Crippen molar-refractivity contribution in [1.82, 2.24) is 5.32 Å². The fraction of sp³-hybridized carbons (Fsp3) is 0.391. The highest BCUT2D eigenvalue weighted by Crippen LogP contribution is 2.44. The maximum atomic E-state index is 5.74. The summed E-state index contributed by atoms with van der Waals surface area (Å²) >= 11 is 0. The van der Waals surface area contributed by atoms with Crippen molar-refractivity contribution in [3.05, 3.63) is 71.9 Å². The van der Waals surface area contributed by atoms with Gasteiger partial charge in [-0.2, -0.15) is 0 Å². The first kappa shape index (κ1) is 17.9. The Bertz CT molecular complexity index is 797. The predicted molar refractivity (Wildman–Crippen MR) is 114 cm³/mol. The number of nitrogens with zero attached hydrogens (tertiary/aromatic N) is 2. The largest absolute Gasteiger partial charge is 0.401 e. The molecule has 1 unspecified atom stereocenters. The number of hydrogen-bond acceptors (Lipinski definition) is 4. The van der Waals surface area contributed by atoms with E-state index in [2.05, 4.69) is 77.3 Å². The first-order valence-electron chi connectivity index (χ1n) is 9.95. The van der Waals surface area contributed by atoms with Crippen LogP contribution in [0.25, 0.3) is 0 Å². The average Bonchev–Trinajstić information content (AvgIpc) is 2.87. The SMILES string of the molecule is C=C(N)CNCC1N(C)c2ccc(Cc3ccccc3)cc2N1C1CCC1. The molecular weight excluding hydrogens is 332 g/mol. The second-order valence-electron chi connectivity index (χ2n) is 7.86. The summed E-state index contributed by atoms with van der Waals surface area (Å²) in [5.41, 5.74) is 11.9. The summed E-state index contributed by atoms with van der Waals surface area (Å²) in [5, 5.41) is 3.47. The maximum absolute atomic E-state index is 5.74. The van der Waals surface area contributed by atoms with Gasteiger partial charge in [0, 0.05) is 31.9 Å². The lowest BCUT2D eigenvalue weighted by Gasteiger charge is -2.41. The van der Waals surface area contributed by atoms with Crippen molar-refractivity contribution < 1.29 is 0 Å². The second kappa shape index (κ2) is 7.65. The predicted octanol–water partition coefficient (Wildman–Crippen LogP) is 3.47. The Morgan fingerprint density at radius 3 is 2.56 bits per heavy atom. The zero-order chi connectivity index (χ0) is 18.8. The molecule has 0 bridgehead atoms. The zero-order valence-corrected chi connectivity index (χ0v) is 16.2. The van der Waals surface area contributed by atoms with E-state index < -0.39 is 0 Å². The molecule has 4 nitrogen and oxygen atoms in total. The summed E-state index contributed by atoms with van der Waals surface area (Å²) in [5.74, 6) is 0. The Morgan fingerprint density at radius 1 is 1.11 bits per heavy atom. The number of fused-ring (bicyclic) bond motifs is 1. The van der Waals surface area contributed by atoms with Crippen molar-refractivity contribution in [3.63, 3.8) is 0 Å². The third kappa shape index (κ3) is 3.67. The van der Waals surface area contributed by atoms with Crippen LogP contribution < -0.4 is 20.9 Å². The lowest BCUT2D eigenvalue weighted by atomic mass is 9.90. The summed E-state index contributed by atoms with van der Waals surface area (Å²) in [4.78, 5) is 5.05. The number of rotatable bonds is 7. The molecule has 1 heterocycles. The van der Waals surface area contributed by atoms with Gasteiger partial charge in [0.2, 0.25) is 0 Å². The molecule has 1 fully saturated rings. The van der Waals surface area contributed by atoms with E-state index in [1.165, 1.54) is 41.8 Å². The summed E-state index contributed by atoms with van der Waals surface area (Å²) in [6, 6.07) is 18.3. The Morgan fingerprint density at radius 2 is 1.89 bits per heavy atom. The van der Waals surface area contributed by atoms with Crippen LogP contribution in [0, 0.1) is 0 Å². The van der Waals surface area contributed by atoms with E-state index in [9.17, 15) is 0 Å². The molecular formula is C23H30N4. The third-order valence-corrected chi connectivity index (χ3v) is 5.86. The number of nitrogens with one attached hydrogen (secondary N) is 1. The Kier molecular flexibility index (Phi) is 5.08. The minimum atomic E-state index is 0.330. The molecule has 1 aliphatic heterocycles. The first-order chi connectivity index (χ1) is 13.1. The fourth-order valence-corrected chi connectivity index (χ4v) is 4.23.